The monoisotopic (exact) mass is 281 g/mol. The summed E-state index contributed by atoms with van der Waals surface area (Å²) in [6.45, 7) is 6.22. The van der Waals surface area contributed by atoms with E-state index in [1.165, 1.54) is 11.3 Å². The molecule has 1 N–H and O–H groups in total. The van der Waals surface area contributed by atoms with Gasteiger partial charge in [-0.3, -0.25) is 9.59 Å². The van der Waals surface area contributed by atoms with E-state index in [0.717, 1.165) is 5.01 Å². The third-order valence-electron chi connectivity index (χ3n) is 3.37. The Morgan fingerprint density at radius 1 is 1.47 bits per heavy atom. The summed E-state index contributed by atoms with van der Waals surface area (Å²) in [7, 11) is 0. The van der Waals surface area contributed by atoms with Crippen molar-refractivity contribution in [2.45, 2.75) is 45.8 Å². The molecule has 2 rings (SSSR count). The molecule has 2 atom stereocenters. The summed E-state index contributed by atoms with van der Waals surface area (Å²) >= 11 is 1.51. The molecule has 5 nitrogen and oxygen atoms in total. The van der Waals surface area contributed by atoms with Crippen LogP contribution in [-0.2, 0) is 16.1 Å². The highest BCUT2D eigenvalue weighted by atomic mass is 32.1. The quantitative estimate of drug-likeness (QED) is 0.907. The molecular formula is C13H19N3O2S. The Morgan fingerprint density at radius 3 is 2.74 bits per heavy atom. The predicted molar refractivity (Wildman–Crippen MR) is 73.5 cm³/mol. The fourth-order valence-corrected chi connectivity index (χ4v) is 2.92. The molecule has 2 amide bonds. The number of thiazole rings is 1. The van der Waals surface area contributed by atoms with E-state index in [1.807, 2.05) is 26.2 Å². The molecule has 6 heteroatoms. The standard InChI is InChI=1S/C13H19N3O2S/c1-4-9-12(17)15-11(8(2)3)13(18)16(9)7-10-14-5-6-19-10/h5-6,8-9,11H,4,7H2,1-3H3,(H,15,17). The molecule has 1 saturated heterocycles. The topological polar surface area (TPSA) is 62.3 Å². The van der Waals surface area contributed by atoms with Crippen LogP contribution in [0, 0.1) is 5.92 Å². The van der Waals surface area contributed by atoms with Crippen LogP contribution in [0.25, 0.3) is 0 Å². The van der Waals surface area contributed by atoms with Gasteiger partial charge in [0.25, 0.3) is 0 Å². The highest BCUT2D eigenvalue weighted by molar-refractivity contribution is 7.09. The number of piperazine rings is 1. The van der Waals surface area contributed by atoms with Crippen LogP contribution in [0.3, 0.4) is 0 Å². The SMILES string of the molecule is CCC1C(=O)NC(C(C)C)C(=O)N1Cc1nccs1. The largest absolute Gasteiger partial charge is 0.342 e. The molecule has 0 aliphatic carbocycles. The zero-order valence-corrected chi connectivity index (χ0v) is 12.2. The van der Waals surface area contributed by atoms with Crippen molar-refractivity contribution in [1.82, 2.24) is 15.2 Å². The number of hydrogen-bond donors (Lipinski definition) is 1. The maximum atomic E-state index is 12.5. The molecule has 0 saturated carbocycles. The second-order valence-corrected chi connectivity index (χ2v) is 6.03. The summed E-state index contributed by atoms with van der Waals surface area (Å²) in [5, 5.41) is 5.57. The molecule has 0 spiro atoms. The van der Waals surface area contributed by atoms with Crippen LogP contribution in [0.4, 0.5) is 0 Å². The third-order valence-corrected chi connectivity index (χ3v) is 4.13. The van der Waals surface area contributed by atoms with Crippen molar-refractivity contribution < 1.29 is 9.59 Å². The van der Waals surface area contributed by atoms with Crippen molar-refractivity contribution in [3.63, 3.8) is 0 Å². The summed E-state index contributed by atoms with van der Waals surface area (Å²) in [6.07, 6.45) is 2.34. The number of carbonyl (C=O) groups excluding carboxylic acids is 2. The fraction of sp³-hybridized carbons (Fsp3) is 0.615. The Morgan fingerprint density at radius 2 is 2.21 bits per heavy atom. The molecule has 0 radical (unpaired) electrons. The summed E-state index contributed by atoms with van der Waals surface area (Å²) in [6, 6.07) is -0.804. The maximum Gasteiger partial charge on any atom is 0.246 e. The number of carbonyl (C=O) groups is 2. The number of nitrogens with one attached hydrogen (secondary N) is 1. The van der Waals surface area contributed by atoms with Gasteiger partial charge < -0.3 is 10.2 Å². The molecule has 1 aliphatic heterocycles. The Balaban J connectivity index is 2.23. The molecule has 0 aromatic carbocycles. The summed E-state index contributed by atoms with van der Waals surface area (Å²) in [4.78, 5) is 30.5. The number of rotatable bonds is 4. The summed E-state index contributed by atoms with van der Waals surface area (Å²) < 4.78 is 0. The van der Waals surface area contributed by atoms with E-state index >= 15 is 0 Å². The van der Waals surface area contributed by atoms with Crippen molar-refractivity contribution >= 4 is 23.2 Å². The highest BCUT2D eigenvalue weighted by Gasteiger charge is 2.40. The molecule has 19 heavy (non-hydrogen) atoms. The molecule has 2 unspecified atom stereocenters. The average molecular weight is 281 g/mol. The van der Waals surface area contributed by atoms with Gasteiger partial charge in [-0.05, 0) is 12.3 Å². The average Bonchev–Trinajstić information content (AvgIpc) is 2.86. The van der Waals surface area contributed by atoms with Crippen LogP contribution in [-0.4, -0.2) is 33.8 Å². The Hall–Kier alpha value is -1.43. The van der Waals surface area contributed by atoms with Crippen LogP contribution in [0.2, 0.25) is 0 Å². The molecule has 1 aromatic rings. The van der Waals surface area contributed by atoms with E-state index < -0.39 is 6.04 Å². The van der Waals surface area contributed by atoms with Gasteiger partial charge in [0.1, 0.15) is 17.1 Å². The van der Waals surface area contributed by atoms with E-state index in [2.05, 4.69) is 10.3 Å². The number of hydrogen-bond acceptors (Lipinski definition) is 4. The molecule has 104 valence electrons. The molecule has 2 heterocycles. The first-order chi connectivity index (χ1) is 9.04. The van der Waals surface area contributed by atoms with Crippen molar-refractivity contribution in [3.8, 4) is 0 Å². The van der Waals surface area contributed by atoms with E-state index in [9.17, 15) is 9.59 Å². The Labute approximate surface area is 117 Å². The highest BCUT2D eigenvalue weighted by Crippen LogP contribution is 2.20. The Bertz CT molecular complexity index is 458. The smallest absolute Gasteiger partial charge is 0.246 e. The van der Waals surface area contributed by atoms with Gasteiger partial charge in [-0.15, -0.1) is 11.3 Å². The molecule has 0 bridgehead atoms. The van der Waals surface area contributed by atoms with Crippen molar-refractivity contribution in [2.24, 2.45) is 5.92 Å². The van der Waals surface area contributed by atoms with Gasteiger partial charge in [-0.1, -0.05) is 20.8 Å². The lowest BCUT2D eigenvalue weighted by molar-refractivity contribution is -0.151. The fourth-order valence-electron chi connectivity index (χ4n) is 2.31. The van der Waals surface area contributed by atoms with Gasteiger partial charge in [0, 0.05) is 11.6 Å². The van der Waals surface area contributed by atoms with Gasteiger partial charge in [-0.25, -0.2) is 4.98 Å². The second-order valence-electron chi connectivity index (χ2n) is 5.05. The van der Waals surface area contributed by atoms with Crippen LogP contribution >= 0.6 is 11.3 Å². The van der Waals surface area contributed by atoms with E-state index in [4.69, 9.17) is 0 Å². The number of aromatic nitrogens is 1. The van der Waals surface area contributed by atoms with Crippen molar-refractivity contribution in [2.75, 3.05) is 0 Å². The van der Waals surface area contributed by atoms with Gasteiger partial charge >= 0.3 is 0 Å². The zero-order valence-electron chi connectivity index (χ0n) is 11.4. The lowest BCUT2D eigenvalue weighted by Crippen LogP contribution is -2.64. The summed E-state index contributed by atoms with van der Waals surface area (Å²) in [5.41, 5.74) is 0. The predicted octanol–water partition coefficient (Wildman–Crippen LogP) is 1.40. The molecular weight excluding hydrogens is 262 g/mol. The molecule has 1 fully saturated rings. The van der Waals surface area contributed by atoms with Crippen LogP contribution in [0.15, 0.2) is 11.6 Å². The van der Waals surface area contributed by atoms with E-state index in [0.29, 0.717) is 13.0 Å². The van der Waals surface area contributed by atoms with Gasteiger partial charge in [0.2, 0.25) is 11.8 Å². The minimum Gasteiger partial charge on any atom is -0.342 e. The normalized spacial score (nSPS) is 23.9. The van der Waals surface area contributed by atoms with Crippen molar-refractivity contribution in [1.29, 1.82) is 0 Å². The second kappa shape index (κ2) is 5.69. The Kier molecular flexibility index (Phi) is 4.19. The summed E-state index contributed by atoms with van der Waals surface area (Å²) in [5.74, 6) is 0.0297. The van der Waals surface area contributed by atoms with Crippen molar-refractivity contribution in [3.05, 3.63) is 16.6 Å². The first-order valence-corrected chi connectivity index (χ1v) is 7.41. The van der Waals surface area contributed by atoms with E-state index in [-0.39, 0.29) is 23.8 Å². The third kappa shape index (κ3) is 2.78. The van der Waals surface area contributed by atoms with Gasteiger partial charge in [-0.2, -0.15) is 0 Å². The first kappa shape index (κ1) is 14.0. The van der Waals surface area contributed by atoms with Gasteiger partial charge in [0.05, 0.1) is 6.54 Å². The lowest BCUT2D eigenvalue weighted by atomic mass is 9.97. The van der Waals surface area contributed by atoms with Crippen LogP contribution in [0.1, 0.15) is 32.2 Å². The van der Waals surface area contributed by atoms with Crippen LogP contribution in [0.5, 0.6) is 0 Å². The minimum atomic E-state index is -0.421. The number of amides is 2. The van der Waals surface area contributed by atoms with E-state index in [1.54, 1.807) is 11.1 Å². The first-order valence-electron chi connectivity index (χ1n) is 6.53. The minimum absolute atomic E-state index is 0.00310. The molecule has 1 aliphatic rings. The maximum absolute atomic E-state index is 12.5. The number of nitrogens with zero attached hydrogens (tertiary/aromatic N) is 2. The molecule has 1 aromatic heterocycles. The van der Waals surface area contributed by atoms with Crippen LogP contribution < -0.4 is 5.32 Å². The zero-order chi connectivity index (χ0) is 14.0. The van der Waals surface area contributed by atoms with Gasteiger partial charge in [0.15, 0.2) is 0 Å². The lowest BCUT2D eigenvalue weighted by Gasteiger charge is -2.39.